The lowest BCUT2D eigenvalue weighted by atomic mass is 9.89. The topological polar surface area (TPSA) is 157 Å². The number of hydrogen-bond donors (Lipinski definition) is 4. The number of nitrogens with one attached hydrogen (secondary N) is 2. The van der Waals surface area contributed by atoms with Gasteiger partial charge in [-0.3, -0.25) is 4.79 Å². The summed E-state index contributed by atoms with van der Waals surface area (Å²) >= 11 is 0. The van der Waals surface area contributed by atoms with Crippen LogP contribution in [-0.4, -0.2) is 81.0 Å². The molecule has 0 bridgehead atoms. The van der Waals surface area contributed by atoms with E-state index in [1.165, 1.54) is 6.92 Å². The molecule has 3 aromatic carbocycles. The first-order chi connectivity index (χ1) is 23.7. The molecular weight excluding hydrogens is 626 g/mol. The van der Waals surface area contributed by atoms with Crippen molar-refractivity contribution < 1.29 is 34.0 Å². The second-order valence-corrected chi connectivity index (χ2v) is 12.9. The zero-order valence-corrected chi connectivity index (χ0v) is 28.3. The molecule has 2 amide bonds. The molecular formula is C37H47N5O7. The van der Waals surface area contributed by atoms with Crippen molar-refractivity contribution in [1.82, 2.24) is 25.6 Å². The highest BCUT2D eigenvalue weighted by Crippen LogP contribution is 2.26. The van der Waals surface area contributed by atoms with E-state index < -0.39 is 36.7 Å². The summed E-state index contributed by atoms with van der Waals surface area (Å²) in [4.78, 5) is 24.0. The monoisotopic (exact) mass is 673 g/mol. The summed E-state index contributed by atoms with van der Waals surface area (Å²) in [5, 5.41) is 38.2. The fourth-order valence-electron chi connectivity index (χ4n) is 6.02. The molecule has 4 N–H and O–H groups in total. The summed E-state index contributed by atoms with van der Waals surface area (Å²) in [5.74, 6) is 0.327. The van der Waals surface area contributed by atoms with Gasteiger partial charge in [0.1, 0.15) is 36.7 Å². The summed E-state index contributed by atoms with van der Waals surface area (Å²) < 4.78 is 19.1. The molecule has 262 valence electrons. The molecule has 0 spiro atoms. The average molecular weight is 674 g/mol. The Morgan fingerprint density at radius 1 is 0.959 bits per heavy atom. The predicted octanol–water partition coefficient (Wildman–Crippen LogP) is 4.44. The predicted molar refractivity (Wildman–Crippen MR) is 184 cm³/mol. The Labute approximate surface area is 286 Å². The molecule has 1 saturated heterocycles. The van der Waals surface area contributed by atoms with Gasteiger partial charge in [-0.1, -0.05) is 85.8 Å². The number of amides is 2. The standard InChI is InChI=1S/C37H47N5O7/c1-24(25(2)17-18-38-37(46)48-23-27-11-5-4-6-12-27)10-9-19-47-36-33(39-26(3)43)35(45)34(44)32(49-36)22-42-21-31(40-41-42)30-16-15-28-13-7-8-14-29(28)20-30/h4-8,11-16,20-21,24-25,32-36,44-45H,9-10,17-19,22-23H2,1-3H3,(H,38,46)(H,39,43). The highest BCUT2D eigenvalue weighted by atomic mass is 16.7. The van der Waals surface area contributed by atoms with Crippen LogP contribution in [0.3, 0.4) is 0 Å². The third kappa shape index (κ3) is 10.1. The number of aliphatic hydroxyl groups excluding tert-OH is 2. The first-order valence-corrected chi connectivity index (χ1v) is 16.9. The first kappa shape index (κ1) is 35.9. The molecule has 2 heterocycles. The molecule has 1 aliphatic heterocycles. The van der Waals surface area contributed by atoms with E-state index in [0.29, 0.717) is 37.1 Å². The number of ether oxygens (including phenoxy) is 3. The minimum Gasteiger partial charge on any atom is -0.445 e. The second-order valence-electron chi connectivity index (χ2n) is 12.9. The molecule has 12 heteroatoms. The normalized spacial score (nSPS) is 21.9. The highest BCUT2D eigenvalue weighted by Gasteiger charge is 2.45. The Morgan fingerprint density at radius 3 is 2.47 bits per heavy atom. The fraction of sp³-hybridized carbons (Fsp3) is 0.459. The Morgan fingerprint density at radius 2 is 1.69 bits per heavy atom. The zero-order chi connectivity index (χ0) is 34.8. The largest absolute Gasteiger partial charge is 0.445 e. The Kier molecular flexibility index (Phi) is 12.7. The number of alkyl carbamates (subject to hydrolysis) is 1. The van der Waals surface area contributed by atoms with Gasteiger partial charge in [0.25, 0.3) is 0 Å². The second kappa shape index (κ2) is 17.3. The molecule has 0 saturated carbocycles. The van der Waals surface area contributed by atoms with Crippen LogP contribution >= 0.6 is 0 Å². The summed E-state index contributed by atoms with van der Waals surface area (Å²) in [7, 11) is 0. The smallest absolute Gasteiger partial charge is 0.407 e. The molecule has 1 fully saturated rings. The van der Waals surface area contributed by atoms with Gasteiger partial charge in [0, 0.05) is 25.6 Å². The van der Waals surface area contributed by atoms with Crippen LogP contribution in [0.5, 0.6) is 0 Å². The van der Waals surface area contributed by atoms with Crippen LogP contribution in [0.15, 0.2) is 79.0 Å². The lowest BCUT2D eigenvalue weighted by Crippen LogP contribution is -2.64. The van der Waals surface area contributed by atoms with Gasteiger partial charge >= 0.3 is 6.09 Å². The van der Waals surface area contributed by atoms with Crippen LogP contribution in [-0.2, 0) is 32.2 Å². The van der Waals surface area contributed by atoms with E-state index in [1.807, 2.05) is 72.8 Å². The number of aliphatic hydroxyl groups is 2. The van der Waals surface area contributed by atoms with Crippen molar-refractivity contribution in [3.63, 3.8) is 0 Å². The third-order valence-electron chi connectivity index (χ3n) is 9.16. The molecule has 0 radical (unpaired) electrons. The number of benzene rings is 3. The number of aromatic nitrogens is 3. The minimum absolute atomic E-state index is 0.119. The quantitative estimate of drug-likeness (QED) is 0.134. The number of carbonyl (C=O) groups excluding carboxylic acids is 2. The van der Waals surface area contributed by atoms with Crippen molar-refractivity contribution in [2.75, 3.05) is 13.2 Å². The Bertz CT molecular complexity index is 1650. The van der Waals surface area contributed by atoms with Crippen molar-refractivity contribution in [3.05, 3.63) is 84.6 Å². The molecule has 12 nitrogen and oxygen atoms in total. The molecule has 7 unspecified atom stereocenters. The summed E-state index contributed by atoms with van der Waals surface area (Å²) in [5.41, 5.74) is 2.51. The van der Waals surface area contributed by atoms with Gasteiger partial charge in [0.05, 0.1) is 12.7 Å². The van der Waals surface area contributed by atoms with Crippen molar-refractivity contribution in [2.45, 2.75) is 83.8 Å². The molecule has 5 rings (SSSR count). The maximum atomic E-state index is 12.1. The molecule has 7 atom stereocenters. The van der Waals surface area contributed by atoms with E-state index in [1.54, 1.807) is 10.9 Å². The van der Waals surface area contributed by atoms with E-state index in [2.05, 4.69) is 34.8 Å². The summed E-state index contributed by atoms with van der Waals surface area (Å²) in [6, 6.07) is 22.7. The maximum Gasteiger partial charge on any atom is 0.407 e. The van der Waals surface area contributed by atoms with Gasteiger partial charge in [-0.15, -0.1) is 5.10 Å². The van der Waals surface area contributed by atoms with Gasteiger partial charge < -0.3 is 35.1 Å². The van der Waals surface area contributed by atoms with Crippen molar-refractivity contribution >= 4 is 22.8 Å². The van der Waals surface area contributed by atoms with E-state index in [9.17, 15) is 19.8 Å². The number of rotatable bonds is 15. The van der Waals surface area contributed by atoms with Gasteiger partial charge in [-0.05, 0) is 53.5 Å². The van der Waals surface area contributed by atoms with Crippen LogP contribution in [0.4, 0.5) is 4.79 Å². The van der Waals surface area contributed by atoms with E-state index in [4.69, 9.17) is 14.2 Å². The van der Waals surface area contributed by atoms with Crippen LogP contribution in [0.25, 0.3) is 22.0 Å². The fourth-order valence-corrected chi connectivity index (χ4v) is 6.02. The minimum atomic E-state index is -1.32. The van der Waals surface area contributed by atoms with Crippen molar-refractivity contribution in [3.8, 4) is 11.3 Å². The number of nitrogens with zero attached hydrogens (tertiary/aromatic N) is 3. The summed E-state index contributed by atoms with van der Waals surface area (Å²) in [6.07, 6.45) is -0.732. The van der Waals surface area contributed by atoms with Gasteiger partial charge in [0.15, 0.2) is 6.29 Å². The zero-order valence-electron chi connectivity index (χ0n) is 28.3. The highest BCUT2D eigenvalue weighted by molar-refractivity contribution is 5.86. The SMILES string of the molecule is CC(=O)NC1C(OCCCC(C)C(C)CCNC(=O)OCc2ccccc2)OC(Cn2cc(-c3ccc4ccccc4c3)nn2)C(O)C1O. The van der Waals surface area contributed by atoms with Gasteiger partial charge in [0.2, 0.25) is 5.91 Å². The van der Waals surface area contributed by atoms with Crippen molar-refractivity contribution in [2.24, 2.45) is 11.8 Å². The Hall–Kier alpha value is -4.36. The maximum absolute atomic E-state index is 12.1. The van der Waals surface area contributed by atoms with Crippen molar-refractivity contribution in [1.29, 1.82) is 0 Å². The molecule has 1 aromatic heterocycles. The van der Waals surface area contributed by atoms with E-state index in [-0.39, 0.29) is 19.1 Å². The molecule has 1 aliphatic rings. The summed E-state index contributed by atoms with van der Waals surface area (Å²) in [6.45, 7) is 6.85. The Balaban J connectivity index is 1.09. The lowest BCUT2D eigenvalue weighted by Gasteiger charge is -2.42. The molecule has 0 aliphatic carbocycles. The number of fused-ring (bicyclic) bond motifs is 1. The third-order valence-corrected chi connectivity index (χ3v) is 9.16. The molecule has 4 aromatic rings. The van der Waals surface area contributed by atoms with Crippen LogP contribution in [0, 0.1) is 11.8 Å². The lowest BCUT2D eigenvalue weighted by molar-refractivity contribution is -0.267. The first-order valence-electron chi connectivity index (χ1n) is 16.9. The van der Waals surface area contributed by atoms with Gasteiger partial charge in [-0.2, -0.15) is 0 Å². The molecule has 49 heavy (non-hydrogen) atoms. The van der Waals surface area contributed by atoms with Crippen LogP contribution < -0.4 is 10.6 Å². The van der Waals surface area contributed by atoms with E-state index >= 15 is 0 Å². The van der Waals surface area contributed by atoms with Crippen LogP contribution in [0.2, 0.25) is 0 Å². The van der Waals surface area contributed by atoms with E-state index in [0.717, 1.165) is 34.7 Å². The van der Waals surface area contributed by atoms with Gasteiger partial charge in [-0.25, -0.2) is 9.48 Å². The number of carbonyl (C=O) groups is 2. The average Bonchev–Trinajstić information content (AvgIpc) is 3.58. The van der Waals surface area contributed by atoms with Crippen LogP contribution in [0.1, 0.15) is 45.6 Å². The number of hydrogen-bond acceptors (Lipinski definition) is 9.